The zero-order chi connectivity index (χ0) is 17.5. The molecule has 8 nitrogen and oxygen atoms in total. The molecule has 0 radical (unpaired) electrons. The number of nitrogens with zero attached hydrogens (tertiary/aromatic N) is 2. The van der Waals surface area contributed by atoms with Crippen molar-refractivity contribution in [3.05, 3.63) is 0 Å². The summed E-state index contributed by atoms with van der Waals surface area (Å²) < 4.78 is 0. The third kappa shape index (κ3) is 5.45. The van der Waals surface area contributed by atoms with Crippen molar-refractivity contribution < 1.29 is 19.5 Å². The fourth-order valence-electron chi connectivity index (χ4n) is 3.36. The third-order valence-electron chi connectivity index (χ3n) is 4.91. The first-order valence-corrected chi connectivity index (χ1v) is 8.71. The number of aliphatic hydroxyl groups excluding tert-OH is 1. The largest absolute Gasteiger partial charge is 0.387 e. The maximum absolute atomic E-state index is 12.0. The summed E-state index contributed by atoms with van der Waals surface area (Å²) in [6.45, 7) is 3.85. The number of carbonyl (C=O) groups excluding carboxylic acids is 3. The predicted molar refractivity (Wildman–Crippen MR) is 88.2 cm³/mol. The molecule has 1 saturated heterocycles. The molecular formula is C16H28N4O4. The molecule has 0 unspecified atom stereocenters. The lowest BCUT2D eigenvalue weighted by Crippen LogP contribution is -2.53. The summed E-state index contributed by atoms with van der Waals surface area (Å²) in [6.07, 6.45) is 4.38. The number of amides is 4. The van der Waals surface area contributed by atoms with E-state index in [1.807, 2.05) is 4.90 Å². The Hall–Kier alpha value is -1.67. The van der Waals surface area contributed by atoms with Crippen LogP contribution in [0.1, 0.15) is 32.6 Å². The molecule has 2 atom stereocenters. The Morgan fingerprint density at radius 3 is 2.38 bits per heavy atom. The van der Waals surface area contributed by atoms with Gasteiger partial charge >= 0.3 is 6.03 Å². The van der Waals surface area contributed by atoms with Crippen LogP contribution >= 0.6 is 0 Å². The third-order valence-corrected chi connectivity index (χ3v) is 4.91. The zero-order valence-corrected chi connectivity index (χ0v) is 14.3. The highest BCUT2D eigenvalue weighted by Crippen LogP contribution is 2.23. The number of hydrogen-bond acceptors (Lipinski definition) is 5. The first-order valence-electron chi connectivity index (χ1n) is 8.71. The summed E-state index contributed by atoms with van der Waals surface area (Å²) in [6, 6.07) is -0.285. The molecule has 4 amide bonds. The highest BCUT2D eigenvalue weighted by Gasteiger charge is 2.25. The quantitative estimate of drug-likeness (QED) is 0.642. The lowest BCUT2D eigenvalue weighted by atomic mass is 9.86. The van der Waals surface area contributed by atoms with Gasteiger partial charge in [-0.25, -0.2) is 4.79 Å². The lowest BCUT2D eigenvalue weighted by molar-refractivity contribution is -0.136. The zero-order valence-electron chi connectivity index (χ0n) is 14.3. The van der Waals surface area contributed by atoms with E-state index >= 15 is 0 Å². The van der Waals surface area contributed by atoms with E-state index in [0.29, 0.717) is 32.1 Å². The maximum Gasteiger partial charge on any atom is 0.321 e. The van der Waals surface area contributed by atoms with Crippen LogP contribution in [0.25, 0.3) is 0 Å². The molecule has 2 rings (SSSR count). The molecule has 136 valence electrons. The molecule has 8 heteroatoms. The van der Waals surface area contributed by atoms with Crippen LogP contribution in [0.5, 0.6) is 0 Å². The van der Waals surface area contributed by atoms with Gasteiger partial charge in [0.25, 0.3) is 0 Å². The summed E-state index contributed by atoms with van der Waals surface area (Å²) >= 11 is 0. The van der Waals surface area contributed by atoms with E-state index < -0.39 is 12.6 Å². The number of piperazine rings is 1. The van der Waals surface area contributed by atoms with Crippen LogP contribution in [0.2, 0.25) is 0 Å². The Morgan fingerprint density at radius 2 is 1.75 bits per heavy atom. The molecular weight excluding hydrogens is 312 g/mol. The Bertz CT molecular complexity index is 463. The van der Waals surface area contributed by atoms with Crippen LogP contribution in [0.4, 0.5) is 4.79 Å². The van der Waals surface area contributed by atoms with Gasteiger partial charge < -0.3 is 15.3 Å². The second kappa shape index (κ2) is 8.98. The molecule has 0 aromatic heterocycles. The normalized spacial score (nSPS) is 25.2. The molecule has 24 heavy (non-hydrogen) atoms. The summed E-state index contributed by atoms with van der Waals surface area (Å²) in [5.41, 5.74) is 0. The molecule has 0 aromatic rings. The fourth-order valence-corrected chi connectivity index (χ4v) is 3.36. The van der Waals surface area contributed by atoms with E-state index in [1.54, 1.807) is 4.90 Å². The van der Waals surface area contributed by atoms with Gasteiger partial charge in [0.2, 0.25) is 11.8 Å². The Morgan fingerprint density at radius 1 is 1.08 bits per heavy atom. The Balaban J connectivity index is 1.68. The van der Waals surface area contributed by atoms with E-state index in [4.69, 9.17) is 5.11 Å². The average Bonchev–Trinajstić information content (AvgIpc) is 2.56. The second-order valence-electron chi connectivity index (χ2n) is 6.70. The minimum Gasteiger partial charge on any atom is -0.387 e. The molecule has 0 aromatic carbocycles. The monoisotopic (exact) mass is 340 g/mol. The van der Waals surface area contributed by atoms with E-state index in [0.717, 1.165) is 19.3 Å². The van der Waals surface area contributed by atoms with Crippen molar-refractivity contribution in [2.24, 2.45) is 5.92 Å². The molecule has 3 N–H and O–H groups in total. The van der Waals surface area contributed by atoms with Crippen LogP contribution in [0.15, 0.2) is 0 Å². The number of imide groups is 1. The van der Waals surface area contributed by atoms with Crippen molar-refractivity contribution in [1.29, 1.82) is 0 Å². The van der Waals surface area contributed by atoms with Crippen molar-refractivity contribution in [3.8, 4) is 0 Å². The Labute approximate surface area is 142 Å². The fraction of sp³-hybridized carbons (Fsp3) is 0.812. The number of rotatable bonds is 4. The lowest BCUT2D eigenvalue weighted by Gasteiger charge is -2.34. The predicted octanol–water partition coefficient (Wildman–Crippen LogP) is -0.473. The molecule has 2 aliphatic rings. The van der Waals surface area contributed by atoms with Crippen molar-refractivity contribution in [2.45, 2.75) is 38.6 Å². The van der Waals surface area contributed by atoms with Crippen LogP contribution in [0.3, 0.4) is 0 Å². The molecule has 1 saturated carbocycles. The average molecular weight is 340 g/mol. The van der Waals surface area contributed by atoms with Crippen molar-refractivity contribution in [2.75, 3.05) is 39.3 Å². The highest BCUT2D eigenvalue weighted by atomic mass is 16.3. The molecule has 2 fully saturated rings. The van der Waals surface area contributed by atoms with Gasteiger partial charge in [-0.2, -0.15) is 0 Å². The first-order chi connectivity index (χ1) is 11.5. The number of aliphatic hydroxyl groups is 1. The van der Waals surface area contributed by atoms with Crippen LogP contribution in [0, 0.1) is 5.92 Å². The molecule has 0 bridgehead atoms. The number of nitrogens with one attached hydrogen (secondary N) is 2. The topological polar surface area (TPSA) is 102 Å². The molecule has 1 aliphatic heterocycles. The van der Waals surface area contributed by atoms with Crippen molar-refractivity contribution >= 4 is 17.8 Å². The summed E-state index contributed by atoms with van der Waals surface area (Å²) in [4.78, 5) is 38.8. The van der Waals surface area contributed by atoms with E-state index in [2.05, 4.69) is 17.6 Å². The molecule has 0 spiro atoms. The van der Waals surface area contributed by atoms with Gasteiger partial charge in [-0.15, -0.1) is 0 Å². The van der Waals surface area contributed by atoms with E-state index in [9.17, 15) is 14.4 Å². The maximum atomic E-state index is 12.0. The van der Waals surface area contributed by atoms with Gasteiger partial charge in [0.1, 0.15) is 6.61 Å². The number of hydrogen-bond donors (Lipinski definition) is 3. The SMILES string of the molecule is C[C@@H]1CCCC[C@H]1NC(=O)NC(=O)CN1CCN(C(=O)CO)CC1. The van der Waals surface area contributed by atoms with E-state index in [-0.39, 0.29) is 24.4 Å². The van der Waals surface area contributed by atoms with Crippen LogP contribution in [-0.2, 0) is 9.59 Å². The summed E-state index contributed by atoms with van der Waals surface area (Å²) in [7, 11) is 0. The van der Waals surface area contributed by atoms with Gasteiger partial charge in [-0.1, -0.05) is 19.8 Å². The number of carbonyl (C=O) groups is 3. The van der Waals surface area contributed by atoms with Crippen LogP contribution < -0.4 is 10.6 Å². The minimum absolute atomic E-state index is 0.134. The van der Waals surface area contributed by atoms with Crippen LogP contribution in [-0.4, -0.2) is 78.1 Å². The first kappa shape index (κ1) is 18.7. The van der Waals surface area contributed by atoms with Gasteiger partial charge in [0.15, 0.2) is 0 Å². The standard InChI is InChI=1S/C16H28N4O4/c1-12-4-2-3-5-13(12)17-16(24)18-14(22)10-19-6-8-20(9-7-19)15(23)11-21/h12-13,21H,2-11H2,1H3,(H2,17,18,22,24)/t12-,13-/m1/s1. The van der Waals surface area contributed by atoms with Gasteiger partial charge in [-0.3, -0.25) is 19.8 Å². The molecule has 1 aliphatic carbocycles. The molecule has 1 heterocycles. The van der Waals surface area contributed by atoms with Crippen molar-refractivity contribution in [1.82, 2.24) is 20.4 Å². The van der Waals surface area contributed by atoms with Gasteiger partial charge in [-0.05, 0) is 18.8 Å². The smallest absolute Gasteiger partial charge is 0.321 e. The second-order valence-corrected chi connectivity index (χ2v) is 6.70. The minimum atomic E-state index is -0.486. The summed E-state index contributed by atoms with van der Waals surface area (Å²) in [5.74, 6) is -0.185. The summed E-state index contributed by atoms with van der Waals surface area (Å²) in [5, 5.41) is 14.1. The number of urea groups is 1. The van der Waals surface area contributed by atoms with Crippen molar-refractivity contribution in [3.63, 3.8) is 0 Å². The Kier molecular flexibility index (Phi) is 6.99. The van der Waals surface area contributed by atoms with Gasteiger partial charge in [0, 0.05) is 32.2 Å². The van der Waals surface area contributed by atoms with Gasteiger partial charge in [0.05, 0.1) is 6.54 Å². The van der Waals surface area contributed by atoms with E-state index in [1.165, 1.54) is 6.42 Å². The highest BCUT2D eigenvalue weighted by molar-refractivity contribution is 5.95.